The number of furan rings is 1. The van der Waals surface area contributed by atoms with Gasteiger partial charge in [-0.25, -0.2) is 0 Å². The van der Waals surface area contributed by atoms with E-state index >= 15 is 0 Å². The molecule has 0 amide bonds. The van der Waals surface area contributed by atoms with Crippen LogP contribution in [0.2, 0.25) is 0 Å². The molecule has 1 heterocycles. The highest BCUT2D eigenvalue weighted by Crippen LogP contribution is 2.33. The summed E-state index contributed by atoms with van der Waals surface area (Å²) in [4.78, 5) is 0. The number of halogens is 2. The monoisotopic (exact) mass is 344 g/mol. The summed E-state index contributed by atoms with van der Waals surface area (Å²) in [5.41, 5.74) is 1.90. The van der Waals surface area contributed by atoms with E-state index in [4.69, 9.17) is 4.42 Å². The number of hydrogen-bond donors (Lipinski definition) is 1. The van der Waals surface area contributed by atoms with E-state index in [0.29, 0.717) is 5.76 Å². The Hall–Kier alpha value is -0.580. The van der Waals surface area contributed by atoms with Crippen molar-refractivity contribution in [2.75, 3.05) is 0 Å². The van der Waals surface area contributed by atoms with Crippen LogP contribution in [0, 0.1) is 6.92 Å². The van der Waals surface area contributed by atoms with E-state index in [-0.39, 0.29) is 0 Å². The molecule has 1 atom stereocenters. The number of rotatable bonds is 2. The average molecular weight is 346 g/mol. The number of aliphatic hydroxyl groups excluding tert-OH is 1. The fraction of sp³-hybridized carbons (Fsp3) is 0.167. The van der Waals surface area contributed by atoms with Crippen molar-refractivity contribution in [3.8, 4) is 0 Å². The van der Waals surface area contributed by atoms with Crippen LogP contribution in [0.4, 0.5) is 0 Å². The Morgan fingerprint density at radius 1 is 1.19 bits per heavy atom. The van der Waals surface area contributed by atoms with Crippen LogP contribution in [-0.2, 0) is 0 Å². The second kappa shape index (κ2) is 4.73. The first-order valence-corrected chi connectivity index (χ1v) is 6.35. The minimum atomic E-state index is -0.765. The first-order chi connectivity index (χ1) is 7.59. The van der Waals surface area contributed by atoms with Gasteiger partial charge in [0.05, 0.1) is 10.7 Å². The molecule has 2 rings (SSSR count). The molecule has 0 radical (unpaired) electrons. The molecule has 0 aliphatic rings. The van der Waals surface area contributed by atoms with Crippen molar-refractivity contribution in [3.05, 3.63) is 56.4 Å². The van der Waals surface area contributed by atoms with E-state index in [1.54, 1.807) is 12.3 Å². The van der Waals surface area contributed by atoms with Gasteiger partial charge in [-0.1, -0.05) is 33.6 Å². The Morgan fingerprint density at radius 2 is 1.94 bits per heavy atom. The first-order valence-electron chi connectivity index (χ1n) is 4.76. The van der Waals surface area contributed by atoms with Crippen molar-refractivity contribution >= 4 is 31.9 Å². The van der Waals surface area contributed by atoms with Crippen LogP contribution >= 0.6 is 31.9 Å². The predicted octanol–water partition coefficient (Wildman–Crippen LogP) is 4.19. The predicted molar refractivity (Wildman–Crippen MR) is 69.3 cm³/mol. The van der Waals surface area contributed by atoms with Crippen molar-refractivity contribution < 1.29 is 9.52 Å². The van der Waals surface area contributed by atoms with Gasteiger partial charge in [-0.3, -0.25) is 0 Å². The highest BCUT2D eigenvalue weighted by atomic mass is 79.9. The maximum Gasteiger partial charge on any atom is 0.150 e. The van der Waals surface area contributed by atoms with E-state index in [9.17, 15) is 5.11 Å². The topological polar surface area (TPSA) is 33.4 Å². The fourth-order valence-electron chi connectivity index (χ4n) is 1.51. The van der Waals surface area contributed by atoms with Gasteiger partial charge in [-0.15, -0.1) is 0 Å². The third kappa shape index (κ3) is 2.24. The maximum atomic E-state index is 10.2. The summed E-state index contributed by atoms with van der Waals surface area (Å²) in [7, 11) is 0. The Kier molecular flexibility index (Phi) is 3.52. The highest BCUT2D eigenvalue weighted by molar-refractivity contribution is 9.10. The van der Waals surface area contributed by atoms with Crippen LogP contribution in [-0.4, -0.2) is 5.11 Å². The summed E-state index contributed by atoms with van der Waals surface area (Å²) in [6.45, 7) is 1.99. The van der Waals surface area contributed by atoms with E-state index < -0.39 is 6.10 Å². The molecule has 2 nitrogen and oxygen atoms in total. The number of aryl methyl sites for hydroxylation is 1. The molecule has 1 N–H and O–H groups in total. The largest absolute Gasteiger partial charge is 0.465 e. The van der Waals surface area contributed by atoms with Crippen LogP contribution in [0.15, 0.2) is 43.9 Å². The van der Waals surface area contributed by atoms with Gasteiger partial charge in [0.1, 0.15) is 6.10 Å². The summed E-state index contributed by atoms with van der Waals surface area (Å²) in [5.74, 6) is 0.520. The van der Waals surface area contributed by atoms with Gasteiger partial charge in [0, 0.05) is 10.0 Å². The SMILES string of the molecule is Cc1ccc(Br)c(C(O)c2occc2Br)c1. The lowest BCUT2D eigenvalue weighted by molar-refractivity contribution is 0.187. The van der Waals surface area contributed by atoms with Gasteiger partial charge in [0.15, 0.2) is 5.76 Å². The molecule has 1 unspecified atom stereocenters. The van der Waals surface area contributed by atoms with Crippen LogP contribution in [0.1, 0.15) is 23.0 Å². The second-order valence-electron chi connectivity index (χ2n) is 3.56. The van der Waals surface area contributed by atoms with Gasteiger partial charge in [0.25, 0.3) is 0 Å². The molecule has 16 heavy (non-hydrogen) atoms. The molecule has 4 heteroatoms. The molecule has 84 valence electrons. The molecule has 0 aliphatic heterocycles. The molecule has 1 aromatic carbocycles. The number of benzene rings is 1. The van der Waals surface area contributed by atoms with Crippen molar-refractivity contribution in [1.82, 2.24) is 0 Å². The molecule has 0 saturated heterocycles. The normalized spacial score (nSPS) is 12.8. The third-order valence-electron chi connectivity index (χ3n) is 2.34. The smallest absolute Gasteiger partial charge is 0.150 e. The van der Waals surface area contributed by atoms with Crippen molar-refractivity contribution in [3.63, 3.8) is 0 Å². The molecule has 2 aromatic rings. The van der Waals surface area contributed by atoms with Crippen LogP contribution in [0.5, 0.6) is 0 Å². The Bertz CT molecular complexity index is 505. The number of aliphatic hydroxyl groups is 1. The van der Waals surface area contributed by atoms with Crippen molar-refractivity contribution in [2.45, 2.75) is 13.0 Å². The Labute approximate surface area is 111 Å². The van der Waals surface area contributed by atoms with Crippen molar-refractivity contribution in [2.24, 2.45) is 0 Å². The van der Waals surface area contributed by atoms with Gasteiger partial charge in [0.2, 0.25) is 0 Å². The number of hydrogen-bond acceptors (Lipinski definition) is 2. The summed E-state index contributed by atoms with van der Waals surface area (Å²) < 4.78 is 6.90. The lowest BCUT2D eigenvalue weighted by Gasteiger charge is -2.12. The second-order valence-corrected chi connectivity index (χ2v) is 5.27. The zero-order chi connectivity index (χ0) is 11.7. The lowest BCUT2D eigenvalue weighted by atomic mass is 10.1. The minimum absolute atomic E-state index is 0.520. The lowest BCUT2D eigenvalue weighted by Crippen LogP contribution is -2.00. The zero-order valence-corrected chi connectivity index (χ0v) is 11.7. The van der Waals surface area contributed by atoms with E-state index in [2.05, 4.69) is 31.9 Å². The van der Waals surface area contributed by atoms with E-state index in [0.717, 1.165) is 20.1 Å². The first kappa shape index (κ1) is 11.9. The quantitative estimate of drug-likeness (QED) is 0.885. The Morgan fingerprint density at radius 3 is 2.56 bits per heavy atom. The molecule has 0 saturated carbocycles. The van der Waals surface area contributed by atoms with E-state index in [1.807, 2.05) is 25.1 Å². The van der Waals surface area contributed by atoms with Crippen LogP contribution in [0.3, 0.4) is 0 Å². The maximum absolute atomic E-state index is 10.2. The van der Waals surface area contributed by atoms with Gasteiger partial charge < -0.3 is 9.52 Å². The summed E-state index contributed by atoms with van der Waals surface area (Å²) >= 11 is 6.76. The molecular formula is C12H10Br2O2. The van der Waals surface area contributed by atoms with Gasteiger partial charge in [-0.2, -0.15) is 0 Å². The fourth-order valence-corrected chi connectivity index (χ4v) is 2.40. The standard InChI is InChI=1S/C12H10Br2O2/c1-7-2-3-9(13)8(6-7)11(15)12-10(14)4-5-16-12/h2-6,11,15H,1H3. The average Bonchev–Trinajstić information content (AvgIpc) is 2.67. The third-order valence-corrected chi connectivity index (χ3v) is 3.72. The molecule has 0 aliphatic carbocycles. The minimum Gasteiger partial charge on any atom is -0.465 e. The summed E-state index contributed by atoms with van der Waals surface area (Å²) in [5, 5.41) is 10.2. The van der Waals surface area contributed by atoms with Crippen LogP contribution in [0.25, 0.3) is 0 Å². The molecule has 0 bridgehead atoms. The van der Waals surface area contributed by atoms with E-state index in [1.165, 1.54) is 0 Å². The molecule has 0 fully saturated rings. The zero-order valence-electron chi connectivity index (χ0n) is 8.58. The van der Waals surface area contributed by atoms with Gasteiger partial charge >= 0.3 is 0 Å². The Balaban J connectivity index is 2.45. The van der Waals surface area contributed by atoms with Crippen LogP contribution < -0.4 is 0 Å². The van der Waals surface area contributed by atoms with Crippen molar-refractivity contribution in [1.29, 1.82) is 0 Å². The molecule has 0 spiro atoms. The summed E-state index contributed by atoms with van der Waals surface area (Å²) in [6.07, 6.45) is 0.783. The highest BCUT2D eigenvalue weighted by Gasteiger charge is 2.19. The molecular weight excluding hydrogens is 336 g/mol. The summed E-state index contributed by atoms with van der Waals surface area (Å²) in [6, 6.07) is 7.61. The van der Waals surface area contributed by atoms with Gasteiger partial charge in [-0.05, 0) is 35.0 Å². The molecule has 1 aromatic heterocycles.